The van der Waals surface area contributed by atoms with Crippen molar-refractivity contribution < 1.29 is 14.3 Å². The van der Waals surface area contributed by atoms with Crippen LogP contribution in [0, 0.1) is 5.92 Å². The minimum absolute atomic E-state index is 0.0102. The van der Waals surface area contributed by atoms with Crippen molar-refractivity contribution in [2.75, 3.05) is 0 Å². The van der Waals surface area contributed by atoms with Gasteiger partial charge in [0.15, 0.2) is 0 Å². The topological polar surface area (TPSA) is 79.5 Å². The van der Waals surface area contributed by atoms with Crippen LogP contribution in [0.15, 0.2) is 33.5 Å². The van der Waals surface area contributed by atoms with Gasteiger partial charge < -0.3 is 14.8 Å². The van der Waals surface area contributed by atoms with E-state index in [9.17, 15) is 14.7 Å². The van der Waals surface area contributed by atoms with Crippen LogP contribution in [0.1, 0.15) is 43.0 Å². The minimum Gasteiger partial charge on any atom is -0.508 e. The second-order valence-electron chi connectivity index (χ2n) is 6.01. The molecule has 1 aromatic carbocycles. The molecule has 5 heteroatoms. The van der Waals surface area contributed by atoms with Crippen LogP contribution in [0.2, 0.25) is 0 Å². The van der Waals surface area contributed by atoms with E-state index in [-0.39, 0.29) is 28.8 Å². The summed E-state index contributed by atoms with van der Waals surface area (Å²) in [4.78, 5) is 24.4. The van der Waals surface area contributed by atoms with Crippen LogP contribution < -0.4 is 10.9 Å². The molecule has 1 aromatic heterocycles. The van der Waals surface area contributed by atoms with Crippen molar-refractivity contribution in [3.05, 3.63) is 40.2 Å². The van der Waals surface area contributed by atoms with E-state index in [1.165, 1.54) is 24.6 Å². The number of fused-ring (bicyclic) bond motifs is 1. The van der Waals surface area contributed by atoms with Gasteiger partial charge in [-0.25, -0.2) is 4.79 Å². The zero-order chi connectivity index (χ0) is 15.7. The van der Waals surface area contributed by atoms with Crippen molar-refractivity contribution in [1.29, 1.82) is 0 Å². The molecule has 1 amide bonds. The third kappa shape index (κ3) is 2.84. The summed E-state index contributed by atoms with van der Waals surface area (Å²) in [5.41, 5.74) is -0.400. The number of carbonyl (C=O) groups excluding carboxylic acids is 1. The Morgan fingerprint density at radius 1 is 1.27 bits per heavy atom. The number of phenolic OH excluding ortho intramolecular Hbond substituents is 1. The van der Waals surface area contributed by atoms with Gasteiger partial charge in [0.25, 0.3) is 5.91 Å². The highest BCUT2D eigenvalue weighted by Crippen LogP contribution is 2.24. The number of aromatic hydroxyl groups is 1. The normalized spacial score (nSPS) is 21.7. The third-order valence-electron chi connectivity index (χ3n) is 4.39. The number of carbonyl (C=O) groups is 1. The highest BCUT2D eigenvalue weighted by atomic mass is 16.4. The predicted octanol–water partition coefficient (Wildman–Crippen LogP) is 2.81. The Bertz CT molecular complexity index is 765. The summed E-state index contributed by atoms with van der Waals surface area (Å²) in [5.74, 6) is 0.0495. The molecule has 0 saturated heterocycles. The summed E-state index contributed by atoms with van der Waals surface area (Å²) in [7, 11) is 0. The lowest BCUT2D eigenvalue weighted by molar-refractivity contribution is 0.0906. The van der Waals surface area contributed by atoms with Crippen molar-refractivity contribution in [1.82, 2.24) is 5.32 Å². The Balaban J connectivity index is 1.88. The maximum Gasteiger partial charge on any atom is 0.349 e. The first kappa shape index (κ1) is 14.6. The first-order chi connectivity index (χ1) is 10.5. The molecule has 5 nitrogen and oxygen atoms in total. The van der Waals surface area contributed by atoms with E-state index in [1.54, 1.807) is 6.07 Å². The van der Waals surface area contributed by atoms with E-state index in [1.807, 2.05) is 0 Å². The lowest BCUT2D eigenvalue weighted by atomic mass is 9.86. The molecule has 0 radical (unpaired) electrons. The second kappa shape index (κ2) is 5.83. The molecule has 2 N–H and O–H groups in total. The maximum absolute atomic E-state index is 12.4. The molecule has 1 aliphatic carbocycles. The highest BCUT2D eigenvalue weighted by molar-refractivity contribution is 5.96. The predicted molar refractivity (Wildman–Crippen MR) is 83.0 cm³/mol. The number of hydrogen-bond donors (Lipinski definition) is 2. The van der Waals surface area contributed by atoms with Gasteiger partial charge in [-0.3, -0.25) is 4.79 Å². The van der Waals surface area contributed by atoms with E-state index in [2.05, 4.69) is 12.2 Å². The van der Waals surface area contributed by atoms with E-state index in [4.69, 9.17) is 4.42 Å². The lowest BCUT2D eigenvalue weighted by Crippen LogP contribution is -2.42. The van der Waals surface area contributed by atoms with Gasteiger partial charge in [-0.1, -0.05) is 19.8 Å². The Morgan fingerprint density at radius 3 is 2.82 bits per heavy atom. The molecule has 2 atom stereocenters. The standard InChI is InChI=1S/C17H19NO4/c1-10-4-2-3-5-14(10)18-16(20)13-8-11-6-7-12(19)9-15(11)22-17(13)21/h6-10,14,19H,2-5H2,1H3,(H,18,20)/t10-,14-/m1/s1. The highest BCUT2D eigenvalue weighted by Gasteiger charge is 2.24. The number of amides is 1. The van der Waals surface area contributed by atoms with Crippen LogP contribution >= 0.6 is 0 Å². The molecule has 1 heterocycles. The molecule has 22 heavy (non-hydrogen) atoms. The van der Waals surface area contributed by atoms with Gasteiger partial charge in [0.2, 0.25) is 0 Å². The Hall–Kier alpha value is -2.30. The molecule has 1 fully saturated rings. The molecule has 0 unspecified atom stereocenters. The monoisotopic (exact) mass is 301 g/mol. The smallest absolute Gasteiger partial charge is 0.349 e. The van der Waals surface area contributed by atoms with Crippen LogP contribution in [0.3, 0.4) is 0 Å². The third-order valence-corrected chi connectivity index (χ3v) is 4.39. The van der Waals surface area contributed by atoms with Gasteiger partial charge in [0, 0.05) is 17.5 Å². The first-order valence-corrected chi connectivity index (χ1v) is 7.62. The fourth-order valence-electron chi connectivity index (χ4n) is 3.04. The maximum atomic E-state index is 12.4. The van der Waals surface area contributed by atoms with Gasteiger partial charge in [-0.15, -0.1) is 0 Å². The quantitative estimate of drug-likeness (QED) is 0.836. The second-order valence-corrected chi connectivity index (χ2v) is 6.01. The molecule has 0 spiro atoms. The molecular formula is C17H19NO4. The van der Waals surface area contributed by atoms with Crippen LogP contribution in [0.5, 0.6) is 5.75 Å². The van der Waals surface area contributed by atoms with E-state index in [0.717, 1.165) is 19.3 Å². The molecule has 1 aliphatic rings. The SMILES string of the molecule is C[C@@H]1CCCC[C@H]1NC(=O)c1cc2ccc(O)cc2oc1=O. The zero-order valence-corrected chi connectivity index (χ0v) is 12.5. The summed E-state index contributed by atoms with van der Waals surface area (Å²) < 4.78 is 5.13. The van der Waals surface area contributed by atoms with Gasteiger partial charge in [0.05, 0.1) is 0 Å². The average molecular weight is 301 g/mol. The van der Waals surface area contributed by atoms with Crippen molar-refractivity contribution in [3.8, 4) is 5.75 Å². The molecule has 3 rings (SSSR count). The van der Waals surface area contributed by atoms with Crippen LogP contribution in [0.4, 0.5) is 0 Å². The zero-order valence-electron chi connectivity index (χ0n) is 12.5. The Kier molecular flexibility index (Phi) is 3.88. The molecule has 0 bridgehead atoms. The minimum atomic E-state index is -0.681. The lowest BCUT2D eigenvalue weighted by Gasteiger charge is -2.29. The van der Waals surface area contributed by atoms with E-state index < -0.39 is 5.63 Å². The number of hydrogen-bond acceptors (Lipinski definition) is 4. The molecular weight excluding hydrogens is 282 g/mol. The Morgan fingerprint density at radius 2 is 2.05 bits per heavy atom. The first-order valence-electron chi connectivity index (χ1n) is 7.62. The van der Waals surface area contributed by atoms with Crippen molar-refractivity contribution >= 4 is 16.9 Å². The summed E-state index contributed by atoms with van der Waals surface area (Å²) in [5, 5.41) is 13.0. The largest absolute Gasteiger partial charge is 0.508 e. The number of phenols is 1. The number of nitrogens with one attached hydrogen (secondary N) is 1. The van der Waals surface area contributed by atoms with Crippen LogP contribution in [-0.2, 0) is 0 Å². The van der Waals surface area contributed by atoms with Crippen LogP contribution in [0.25, 0.3) is 11.0 Å². The summed E-state index contributed by atoms with van der Waals surface area (Å²) >= 11 is 0. The summed E-state index contributed by atoms with van der Waals surface area (Å²) in [6.07, 6.45) is 4.33. The fraction of sp³-hybridized carbons (Fsp3) is 0.412. The van der Waals surface area contributed by atoms with Crippen molar-refractivity contribution in [3.63, 3.8) is 0 Å². The van der Waals surface area contributed by atoms with Crippen molar-refractivity contribution in [2.24, 2.45) is 5.92 Å². The fourth-order valence-corrected chi connectivity index (χ4v) is 3.04. The van der Waals surface area contributed by atoms with Gasteiger partial charge in [-0.2, -0.15) is 0 Å². The average Bonchev–Trinajstić information content (AvgIpc) is 2.48. The van der Waals surface area contributed by atoms with E-state index >= 15 is 0 Å². The summed E-state index contributed by atoms with van der Waals surface area (Å²) in [6, 6.07) is 6.10. The molecule has 2 aromatic rings. The number of benzene rings is 1. The van der Waals surface area contributed by atoms with Crippen molar-refractivity contribution in [2.45, 2.75) is 38.6 Å². The Labute approximate surface area is 127 Å². The molecule has 1 saturated carbocycles. The van der Waals surface area contributed by atoms with Crippen LogP contribution in [-0.4, -0.2) is 17.1 Å². The van der Waals surface area contributed by atoms with Gasteiger partial charge in [0.1, 0.15) is 16.9 Å². The summed E-state index contributed by atoms with van der Waals surface area (Å²) in [6.45, 7) is 2.12. The van der Waals surface area contributed by atoms with E-state index in [0.29, 0.717) is 11.3 Å². The van der Waals surface area contributed by atoms with Gasteiger partial charge in [-0.05, 0) is 37.0 Å². The molecule has 116 valence electrons. The molecule has 0 aliphatic heterocycles. The number of rotatable bonds is 2. The van der Waals surface area contributed by atoms with Gasteiger partial charge >= 0.3 is 5.63 Å².